The first-order valence-corrected chi connectivity index (χ1v) is 8.06. The maximum atomic E-state index is 13.4. The Balaban J connectivity index is 1.84. The molecule has 4 rings (SSSR count). The van der Waals surface area contributed by atoms with Gasteiger partial charge in [-0.15, -0.1) is 10.2 Å². The third kappa shape index (κ3) is 2.32. The standard InChI is InChI=1S/C15H8BrFN4S/c16-11-6-4-9(5-7-11)13-18-19-15-21(13)20-14(22-15)10-2-1-3-12(17)8-10/h1-8H. The van der Waals surface area contributed by atoms with Gasteiger partial charge in [0.15, 0.2) is 5.82 Å². The van der Waals surface area contributed by atoms with Crippen molar-refractivity contribution in [1.29, 1.82) is 0 Å². The number of benzene rings is 2. The summed E-state index contributed by atoms with van der Waals surface area (Å²) in [6, 6.07) is 14.1. The first kappa shape index (κ1) is 13.5. The molecule has 22 heavy (non-hydrogen) atoms. The monoisotopic (exact) mass is 374 g/mol. The van der Waals surface area contributed by atoms with E-state index in [1.165, 1.54) is 23.5 Å². The van der Waals surface area contributed by atoms with Crippen LogP contribution in [0.25, 0.3) is 26.9 Å². The lowest BCUT2D eigenvalue weighted by Gasteiger charge is -1.97. The molecular weight excluding hydrogens is 367 g/mol. The van der Waals surface area contributed by atoms with Gasteiger partial charge < -0.3 is 0 Å². The van der Waals surface area contributed by atoms with Crippen molar-refractivity contribution in [2.24, 2.45) is 0 Å². The zero-order valence-corrected chi connectivity index (χ0v) is 13.5. The quantitative estimate of drug-likeness (QED) is 0.521. The number of nitrogens with zero attached hydrogens (tertiary/aromatic N) is 4. The van der Waals surface area contributed by atoms with Gasteiger partial charge in [0.2, 0.25) is 4.96 Å². The lowest BCUT2D eigenvalue weighted by molar-refractivity contribution is 0.628. The van der Waals surface area contributed by atoms with E-state index in [4.69, 9.17) is 0 Å². The van der Waals surface area contributed by atoms with Gasteiger partial charge in [-0.2, -0.15) is 9.61 Å². The Morgan fingerprint density at radius 1 is 1.00 bits per heavy atom. The molecule has 0 aliphatic heterocycles. The van der Waals surface area contributed by atoms with Crippen LogP contribution >= 0.6 is 27.3 Å². The Hall–Kier alpha value is -2.12. The van der Waals surface area contributed by atoms with Crippen molar-refractivity contribution in [2.45, 2.75) is 0 Å². The fourth-order valence-electron chi connectivity index (χ4n) is 2.13. The zero-order chi connectivity index (χ0) is 15.1. The van der Waals surface area contributed by atoms with Gasteiger partial charge in [-0.1, -0.05) is 51.5 Å². The van der Waals surface area contributed by atoms with E-state index >= 15 is 0 Å². The number of halogens is 2. The van der Waals surface area contributed by atoms with Crippen molar-refractivity contribution >= 4 is 32.2 Å². The second-order valence-electron chi connectivity index (χ2n) is 4.64. The minimum Gasteiger partial charge on any atom is -0.207 e. The molecule has 2 aromatic carbocycles. The molecule has 0 atom stereocenters. The summed E-state index contributed by atoms with van der Waals surface area (Å²) in [6.45, 7) is 0. The highest BCUT2D eigenvalue weighted by atomic mass is 79.9. The molecule has 0 spiro atoms. The molecule has 0 saturated heterocycles. The second kappa shape index (κ2) is 5.26. The average molecular weight is 375 g/mol. The molecule has 0 aliphatic rings. The maximum absolute atomic E-state index is 13.4. The predicted molar refractivity (Wildman–Crippen MR) is 87.2 cm³/mol. The number of hydrogen-bond donors (Lipinski definition) is 0. The van der Waals surface area contributed by atoms with Crippen LogP contribution in [0.5, 0.6) is 0 Å². The minimum absolute atomic E-state index is 0.281. The summed E-state index contributed by atoms with van der Waals surface area (Å²) in [6.07, 6.45) is 0. The Labute approximate surface area is 137 Å². The molecule has 2 aromatic heterocycles. The van der Waals surface area contributed by atoms with Crippen molar-refractivity contribution in [3.63, 3.8) is 0 Å². The topological polar surface area (TPSA) is 43.1 Å². The lowest BCUT2D eigenvalue weighted by Crippen LogP contribution is -1.91. The fraction of sp³-hybridized carbons (Fsp3) is 0. The lowest BCUT2D eigenvalue weighted by atomic mass is 10.2. The first-order chi connectivity index (χ1) is 10.7. The second-order valence-corrected chi connectivity index (χ2v) is 6.51. The van der Waals surface area contributed by atoms with E-state index in [9.17, 15) is 4.39 Å². The molecule has 4 aromatic rings. The third-order valence-electron chi connectivity index (χ3n) is 3.16. The van der Waals surface area contributed by atoms with Crippen LogP contribution in [-0.4, -0.2) is 19.8 Å². The molecule has 0 radical (unpaired) electrons. The normalized spacial score (nSPS) is 11.2. The molecule has 0 amide bonds. The van der Waals surface area contributed by atoms with Crippen LogP contribution in [0.15, 0.2) is 53.0 Å². The molecule has 0 saturated carbocycles. The molecule has 108 valence electrons. The third-order valence-corrected chi connectivity index (χ3v) is 4.64. The Kier molecular flexibility index (Phi) is 3.24. The van der Waals surface area contributed by atoms with Gasteiger partial charge in [0.25, 0.3) is 0 Å². The SMILES string of the molecule is Fc1cccc(-c2nn3c(-c4ccc(Br)cc4)nnc3s2)c1. The van der Waals surface area contributed by atoms with Gasteiger partial charge in [-0.05, 0) is 24.3 Å². The van der Waals surface area contributed by atoms with Gasteiger partial charge >= 0.3 is 0 Å². The predicted octanol–water partition coefficient (Wildman–Crippen LogP) is 4.42. The van der Waals surface area contributed by atoms with Crippen molar-refractivity contribution in [3.05, 3.63) is 58.8 Å². The fourth-order valence-corrected chi connectivity index (χ4v) is 3.23. The Bertz CT molecular complexity index is 961. The smallest absolute Gasteiger partial charge is 0.207 e. The van der Waals surface area contributed by atoms with Gasteiger partial charge in [0.1, 0.15) is 10.8 Å². The van der Waals surface area contributed by atoms with E-state index in [0.717, 1.165) is 15.6 Å². The van der Waals surface area contributed by atoms with Crippen LogP contribution in [-0.2, 0) is 0 Å². The van der Waals surface area contributed by atoms with E-state index in [2.05, 4.69) is 31.2 Å². The van der Waals surface area contributed by atoms with E-state index in [1.807, 2.05) is 30.3 Å². The molecule has 0 bridgehead atoms. The molecule has 0 aliphatic carbocycles. The van der Waals surface area contributed by atoms with Gasteiger partial charge in [0, 0.05) is 15.6 Å². The number of fused-ring (bicyclic) bond motifs is 1. The summed E-state index contributed by atoms with van der Waals surface area (Å²) in [5, 5.41) is 13.6. The van der Waals surface area contributed by atoms with E-state index in [0.29, 0.717) is 15.8 Å². The average Bonchev–Trinajstić information content (AvgIpc) is 3.08. The largest absolute Gasteiger partial charge is 0.235 e. The van der Waals surface area contributed by atoms with Crippen molar-refractivity contribution in [1.82, 2.24) is 19.8 Å². The highest BCUT2D eigenvalue weighted by Gasteiger charge is 2.14. The van der Waals surface area contributed by atoms with Crippen LogP contribution < -0.4 is 0 Å². The molecule has 0 unspecified atom stereocenters. The van der Waals surface area contributed by atoms with Gasteiger partial charge in [0.05, 0.1) is 0 Å². The molecule has 0 N–H and O–H groups in total. The molecule has 7 heteroatoms. The van der Waals surface area contributed by atoms with Crippen LogP contribution in [0.4, 0.5) is 4.39 Å². The highest BCUT2D eigenvalue weighted by molar-refractivity contribution is 9.10. The molecule has 4 nitrogen and oxygen atoms in total. The van der Waals surface area contributed by atoms with Crippen LogP contribution in [0.1, 0.15) is 0 Å². The Morgan fingerprint density at radius 2 is 1.82 bits per heavy atom. The van der Waals surface area contributed by atoms with E-state index in [1.54, 1.807) is 10.6 Å². The molecular formula is C15H8BrFN4S. The summed E-state index contributed by atoms with van der Waals surface area (Å²) in [4.78, 5) is 0.678. The number of rotatable bonds is 2. The van der Waals surface area contributed by atoms with Gasteiger partial charge in [-0.25, -0.2) is 4.39 Å². The summed E-state index contributed by atoms with van der Waals surface area (Å²) < 4.78 is 16.0. The van der Waals surface area contributed by atoms with E-state index < -0.39 is 0 Å². The van der Waals surface area contributed by atoms with E-state index in [-0.39, 0.29) is 5.82 Å². The van der Waals surface area contributed by atoms with Crippen molar-refractivity contribution in [3.8, 4) is 22.0 Å². The first-order valence-electron chi connectivity index (χ1n) is 6.45. The highest BCUT2D eigenvalue weighted by Crippen LogP contribution is 2.28. The summed E-state index contributed by atoms with van der Waals surface area (Å²) in [7, 11) is 0. The minimum atomic E-state index is -0.281. The van der Waals surface area contributed by atoms with Crippen LogP contribution in [0.3, 0.4) is 0 Å². The zero-order valence-electron chi connectivity index (χ0n) is 11.1. The van der Waals surface area contributed by atoms with Gasteiger partial charge in [-0.3, -0.25) is 0 Å². The summed E-state index contributed by atoms with van der Waals surface area (Å²) >= 11 is 4.79. The van der Waals surface area contributed by atoms with Crippen LogP contribution in [0.2, 0.25) is 0 Å². The Morgan fingerprint density at radius 3 is 2.59 bits per heavy atom. The van der Waals surface area contributed by atoms with Crippen LogP contribution in [0, 0.1) is 5.82 Å². The van der Waals surface area contributed by atoms with Crippen molar-refractivity contribution in [2.75, 3.05) is 0 Å². The summed E-state index contributed by atoms with van der Waals surface area (Å²) in [5.74, 6) is 0.387. The maximum Gasteiger partial charge on any atom is 0.235 e. The molecule has 2 heterocycles. The molecule has 0 fully saturated rings. The summed E-state index contributed by atoms with van der Waals surface area (Å²) in [5.41, 5.74) is 1.66. The number of hydrogen-bond acceptors (Lipinski definition) is 4. The number of aromatic nitrogens is 4. The van der Waals surface area contributed by atoms with Crippen molar-refractivity contribution < 1.29 is 4.39 Å².